The summed E-state index contributed by atoms with van der Waals surface area (Å²) in [5.74, 6) is -3.35. The molecule has 0 radical (unpaired) electrons. The number of benzene rings is 1. The molecule has 3 rings (SSSR count). The Kier molecular flexibility index (Phi) is 4.69. The van der Waals surface area contributed by atoms with E-state index in [4.69, 9.17) is 5.73 Å². The Labute approximate surface area is 138 Å². The van der Waals surface area contributed by atoms with E-state index in [1.54, 1.807) is 0 Å². The summed E-state index contributed by atoms with van der Waals surface area (Å²) in [5, 5.41) is 0. The van der Waals surface area contributed by atoms with Gasteiger partial charge in [-0.2, -0.15) is 0 Å². The molecule has 116 valence electrons. The molecule has 2 fully saturated rings. The molecule has 0 bridgehead atoms. The molecule has 3 nitrogen and oxygen atoms in total. The quantitative estimate of drug-likeness (QED) is 0.360. The summed E-state index contributed by atoms with van der Waals surface area (Å²) in [6.45, 7) is 0. The van der Waals surface area contributed by atoms with Crippen molar-refractivity contribution in [3.05, 3.63) is 35.1 Å². The van der Waals surface area contributed by atoms with Gasteiger partial charge in [0.2, 0.25) is 0 Å². The molecule has 0 spiro atoms. The summed E-state index contributed by atoms with van der Waals surface area (Å²) in [4.78, 5) is 6.30. The molecule has 0 amide bonds. The second-order valence-corrected chi connectivity index (χ2v) is 5.54. The highest BCUT2D eigenvalue weighted by Crippen LogP contribution is 2.44. The standard InChI is InChI=1S/C14H16F3N3.HI/c1-20(8-2-3-8)14(18)19-12-6-9(12)7-4-10(15)13(17)11(16)5-7;/h4-5,8-9,12H,2-3,6H2,1H3,(H2,18,19);1H/t9-,12+;/m0./s1. The maximum atomic E-state index is 13.2. The zero-order valence-corrected chi connectivity index (χ0v) is 13.9. The smallest absolute Gasteiger partial charge is 0.194 e. The average molecular weight is 411 g/mol. The van der Waals surface area contributed by atoms with E-state index in [1.165, 1.54) is 0 Å². The fraction of sp³-hybridized carbons (Fsp3) is 0.500. The third-order valence-corrected chi connectivity index (χ3v) is 3.95. The number of guanidine groups is 1. The molecule has 7 heteroatoms. The molecule has 1 aromatic carbocycles. The maximum Gasteiger partial charge on any atom is 0.194 e. The van der Waals surface area contributed by atoms with E-state index >= 15 is 0 Å². The number of halogens is 4. The summed E-state index contributed by atoms with van der Waals surface area (Å²) in [7, 11) is 1.89. The SMILES string of the molecule is CN(C(N)=N[C@@H]1C[C@H]1c1cc(F)c(F)c(F)c1)C1CC1.I. The molecular formula is C14H17F3IN3. The normalized spacial score (nSPS) is 24.5. The highest BCUT2D eigenvalue weighted by Gasteiger charge is 2.40. The third-order valence-electron chi connectivity index (χ3n) is 3.95. The predicted molar refractivity (Wildman–Crippen MR) is 85.3 cm³/mol. The molecule has 1 aromatic rings. The van der Waals surface area contributed by atoms with Crippen LogP contribution in [0.3, 0.4) is 0 Å². The van der Waals surface area contributed by atoms with Crippen molar-refractivity contribution in [2.45, 2.75) is 37.3 Å². The molecule has 21 heavy (non-hydrogen) atoms. The van der Waals surface area contributed by atoms with E-state index in [0.717, 1.165) is 25.0 Å². The number of nitrogens with zero attached hydrogens (tertiary/aromatic N) is 2. The van der Waals surface area contributed by atoms with Crippen LogP contribution >= 0.6 is 24.0 Å². The Morgan fingerprint density at radius 1 is 1.24 bits per heavy atom. The van der Waals surface area contributed by atoms with Crippen molar-refractivity contribution >= 4 is 29.9 Å². The highest BCUT2D eigenvalue weighted by molar-refractivity contribution is 14.0. The number of nitrogens with two attached hydrogens (primary N) is 1. The van der Waals surface area contributed by atoms with Gasteiger partial charge in [-0.3, -0.25) is 0 Å². The van der Waals surface area contributed by atoms with E-state index < -0.39 is 17.5 Å². The zero-order valence-electron chi connectivity index (χ0n) is 11.5. The lowest BCUT2D eigenvalue weighted by molar-refractivity contribution is 0.445. The molecule has 2 N–H and O–H groups in total. The van der Waals surface area contributed by atoms with Gasteiger partial charge in [0.1, 0.15) is 0 Å². The Morgan fingerprint density at radius 3 is 2.33 bits per heavy atom. The van der Waals surface area contributed by atoms with Gasteiger partial charge in [-0.05, 0) is 37.0 Å². The van der Waals surface area contributed by atoms with E-state index in [0.29, 0.717) is 24.0 Å². The first-order chi connectivity index (χ1) is 9.47. The van der Waals surface area contributed by atoms with Gasteiger partial charge in [0.25, 0.3) is 0 Å². The van der Waals surface area contributed by atoms with Crippen LogP contribution in [0.4, 0.5) is 13.2 Å². The van der Waals surface area contributed by atoms with Gasteiger partial charge in [-0.1, -0.05) is 0 Å². The van der Waals surface area contributed by atoms with Crippen LogP contribution in [0.1, 0.15) is 30.7 Å². The van der Waals surface area contributed by atoms with Crippen LogP contribution in [0.5, 0.6) is 0 Å². The second-order valence-electron chi connectivity index (χ2n) is 5.54. The topological polar surface area (TPSA) is 41.6 Å². The molecular weight excluding hydrogens is 394 g/mol. The minimum atomic E-state index is -1.43. The molecule has 2 aliphatic carbocycles. The van der Waals surface area contributed by atoms with Crippen LogP contribution in [0.15, 0.2) is 17.1 Å². The fourth-order valence-corrected chi connectivity index (χ4v) is 2.38. The predicted octanol–water partition coefficient (Wildman–Crippen LogP) is 2.99. The lowest BCUT2D eigenvalue weighted by Crippen LogP contribution is -2.36. The van der Waals surface area contributed by atoms with E-state index in [-0.39, 0.29) is 35.9 Å². The van der Waals surface area contributed by atoms with Crippen molar-refractivity contribution in [1.29, 1.82) is 0 Å². The van der Waals surface area contributed by atoms with Crippen molar-refractivity contribution in [1.82, 2.24) is 4.90 Å². The first-order valence-corrected chi connectivity index (χ1v) is 6.68. The molecule has 0 saturated heterocycles. The lowest BCUT2D eigenvalue weighted by Gasteiger charge is -2.16. The van der Waals surface area contributed by atoms with Gasteiger partial charge in [0.05, 0.1) is 6.04 Å². The number of rotatable bonds is 3. The molecule has 0 aromatic heterocycles. The molecule has 2 atom stereocenters. The van der Waals surface area contributed by atoms with Crippen molar-refractivity contribution in [2.75, 3.05) is 7.05 Å². The van der Waals surface area contributed by atoms with Gasteiger partial charge in [0, 0.05) is 19.0 Å². The Bertz CT molecular complexity index is 552. The molecule has 0 aliphatic heterocycles. The van der Waals surface area contributed by atoms with Crippen LogP contribution < -0.4 is 5.73 Å². The summed E-state index contributed by atoms with van der Waals surface area (Å²) >= 11 is 0. The van der Waals surface area contributed by atoms with E-state index in [2.05, 4.69) is 4.99 Å². The maximum absolute atomic E-state index is 13.2. The van der Waals surface area contributed by atoms with Crippen LogP contribution in [-0.2, 0) is 0 Å². The van der Waals surface area contributed by atoms with Crippen molar-refractivity contribution in [3.63, 3.8) is 0 Å². The Morgan fingerprint density at radius 2 is 1.81 bits per heavy atom. The fourth-order valence-electron chi connectivity index (χ4n) is 2.38. The molecule has 0 unspecified atom stereocenters. The summed E-state index contributed by atoms with van der Waals surface area (Å²) in [5.41, 5.74) is 6.33. The Hall–Kier alpha value is -0.990. The van der Waals surface area contributed by atoms with Gasteiger partial charge >= 0.3 is 0 Å². The minimum Gasteiger partial charge on any atom is -0.370 e. The van der Waals surface area contributed by atoms with E-state index in [9.17, 15) is 13.2 Å². The van der Waals surface area contributed by atoms with Crippen LogP contribution in [0, 0.1) is 17.5 Å². The Balaban J connectivity index is 0.00000161. The molecule has 2 aliphatic rings. The number of hydrogen-bond donors (Lipinski definition) is 1. The monoisotopic (exact) mass is 411 g/mol. The highest BCUT2D eigenvalue weighted by atomic mass is 127. The van der Waals surface area contributed by atoms with Crippen molar-refractivity contribution < 1.29 is 13.2 Å². The van der Waals surface area contributed by atoms with Crippen LogP contribution in [-0.4, -0.2) is 30.0 Å². The van der Waals surface area contributed by atoms with Gasteiger partial charge in [-0.25, -0.2) is 18.2 Å². The molecule has 2 saturated carbocycles. The summed E-state index contributed by atoms with van der Waals surface area (Å²) in [6, 6.07) is 2.48. The number of aliphatic imine (C=N–C) groups is 1. The van der Waals surface area contributed by atoms with Crippen LogP contribution in [0.2, 0.25) is 0 Å². The third kappa shape index (κ3) is 3.44. The summed E-state index contributed by atoms with van der Waals surface area (Å²) in [6.07, 6.45) is 2.92. The lowest BCUT2D eigenvalue weighted by atomic mass is 10.1. The summed E-state index contributed by atoms with van der Waals surface area (Å²) < 4.78 is 39.3. The first-order valence-electron chi connectivity index (χ1n) is 6.68. The van der Waals surface area contributed by atoms with Gasteiger partial charge < -0.3 is 10.6 Å². The average Bonchev–Trinajstić information content (AvgIpc) is 3.27. The largest absolute Gasteiger partial charge is 0.370 e. The number of hydrogen-bond acceptors (Lipinski definition) is 1. The minimum absolute atomic E-state index is 0. The van der Waals surface area contributed by atoms with Gasteiger partial charge in [-0.15, -0.1) is 24.0 Å². The van der Waals surface area contributed by atoms with Crippen molar-refractivity contribution in [3.8, 4) is 0 Å². The molecule has 0 heterocycles. The van der Waals surface area contributed by atoms with Gasteiger partial charge in [0.15, 0.2) is 23.4 Å². The second kappa shape index (κ2) is 6.02. The van der Waals surface area contributed by atoms with Crippen LogP contribution in [0.25, 0.3) is 0 Å². The van der Waals surface area contributed by atoms with Crippen molar-refractivity contribution in [2.24, 2.45) is 10.7 Å². The van der Waals surface area contributed by atoms with E-state index in [1.807, 2.05) is 11.9 Å². The first kappa shape index (κ1) is 16.4. The zero-order chi connectivity index (χ0) is 14.4.